The van der Waals surface area contributed by atoms with E-state index in [0.717, 1.165) is 23.0 Å². The molecule has 1 aromatic carbocycles. The summed E-state index contributed by atoms with van der Waals surface area (Å²) in [5, 5.41) is 9.02. The molecule has 0 bridgehead atoms. The van der Waals surface area contributed by atoms with E-state index >= 15 is 0 Å². The number of halogens is 1. The third-order valence-corrected chi connectivity index (χ3v) is 4.44. The maximum Gasteiger partial charge on any atom is 0.0702 e. The van der Waals surface area contributed by atoms with Crippen molar-refractivity contribution in [1.29, 1.82) is 0 Å². The van der Waals surface area contributed by atoms with E-state index in [1.165, 1.54) is 37.0 Å². The fraction of sp³-hybridized carbons (Fsp3) is 0.467. The Morgan fingerprint density at radius 2 is 1.78 bits per heavy atom. The normalized spacial score (nSPS) is 23.7. The van der Waals surface area contributed by atoms with Gasteiger partial charge in [0, 0.05) is 10.2 Å². The van der Waals surface area contributed by atoms with Gasteiger partial charge in [0.15, 0.2) is 0 Å². The summed E-state index contributed by atoms with van der Waals surface area (Å²) >= 11 is 3.47. The maximum absolute atomic E-state index is 4.52. The molecule has 1 aromatic rings. The Bertz CT molecular complexity index is 488. The van der Waals surface area contributed by atoms with Crippen LogP contribution in [-0.4, -0.2) is 11.4 Å². The number of benzene rings is 1. The lowest BCUT2D eigenvalue weighted by atomic mass is 9.83. The number of nitrogens with zero attached hydrogens (tertiary/aromatic N) is 2. The van der Waals surface area contributed by atoms with E-state index in [9.17, 15) is 0 Å². The van der Waals surface area contributed by atoms with E-state index in [4.69, 9.17) is 0 Å². The summed E-state index contributed by atoms with van der Waals surface area (Å²) in [7, 11) is 0. The molecule has 0 N–H and O–H groups in total. The summed E-state index contributed by atoms with van der Waals surface area (Å²) in [6.07, 6.45) is 7.38. The smallest absolute Gasteiger partial charge is 0.0702 e. The van der Waals surface area contributed by atoms with E-state index in [1.807, 2.05) is 0 Å². The molecule has 3 rings (SSSR count). The quantitative estimate of drug-likeness (QED) is 0.725. The van der Waals surface area contributed by atoms with Gasteiger partial charge < -0.3 is 0 Å². The first-order valence-electron chi connectivity index (χ1n) is 6.72. The lowest BCUT2D eigenvalue weighted by Gasteiger charge is -2.21. The molecule has 0 amide bonds. The molecule has 0 spiro atoms. The molecule has 1 aliphatic heterocycles. The van der Waals surface area contributed by atoms with Crippen molar-refractivity contribution >= 4 is 27.4 Å². The van der Waals surface area contributed by atoms with Crippen LogP contribution in [0.4, 0.5) is 0 Å². The number of fused-ring (bicyclic) bond motifs is 1. The molecule has 1 heterocycles. The molecule has 0 radical (unpaired) electrons. The van der Waals surface area contributed by atoms with Gasteiger partial charge in [-0.25, -0.2) is 0 Å². The van der Waals surface area contributed by atoms with Crippen molar-refractivity contribution < 1.29 is 0 Å². The van der Waals surface area contributed by atoms with Crippen LogP contribution in [0.25, 0.3) is 0 Å². The Morgan fingerprint density at radius 3 is 2.61 bits per heavy atom. The van der Waals surface area contributed by atoms with Gasteiger partial charge in [0.1, 0.15) is 0 Å². The van der Waals surface area contributed by atoms with Gasteiger partial charge in [0.25, 0.3) is 0 Å². The van der Waals surface area contributed by atoms with Crippen molar-refractivity contribution in [2.45, 2.75) is 38.5 Å². The predicted octanol–water partition coefficient (Wildman–Crippen LogP) is 4.58. The molecule has 3 heteroatoms. The van der Waals surface area contributed by atoms with Gasteiger partial charge in [0.2, 0.25) is 0 Å². The Balaban J connectivity index is 1.84. The molecular weight excluding hydrogens is 288 g/mol. The van der Waals surface area contributed by atoms with Gasteiger partial charge in [0.05, 0.1) is 5.71 Å². The summed E-state index contributed by atoms with van der Waals surface area (Å²) in [5.74, 6) is 0.690. The first kappa shape index (κ1) is 12.1. The minimum atomic E-state index is 0.690. The molecule has 1 saturated carbocycles. The van der Waals surface area contributed by atoms with E-state index in [-0.39, 0.29) is 0 Å². The Morgan fingerprint density at radius 1 is 0.944 bits per heavy atom. The van der Waals surface area contributed by atoms with Gasteiger partial charge >= 0.3 is 0 Å². The van der Waals surface area contributed by atoms with Crippen LogP contribution in [0.1, 0.15) is 44.1 Å². The topological polar surface area (TPSA) is 24.7 Å². The van der Waals surface area contributed by atoms with Crippen LogP contribution in [0.3, 0.4) is 0 Å². The fourth-order valence-electron chi connectivity index (χ4n) is 2.84. The zero-order chi connectivity index (χ0) is 12.4. The third kappa shape index (κ3) is 2.56. The number of hydrogen-bond donors (Lipinski definition) is 0. The van der Waals surface area contributed by atoms with Crippen LogP contribution >= 0.6 is 15.9 Å². The highest BCUT2D eigenvalue weighted by atomic mass is 79.9. The van der Waals surface area contributed by atoms with Crippen LogP contribution in [-0.2, 0) is 0 Å². The zero-order valence-corrected chi connectivity index (χ0v) is 12.0. The summed E-state index contributed by atoms with van der Waals surface area (Å²) in [6.45, 7) is 0. The maximum atomic E-state index is 4.52. The zero-order valence-electron chi connectivity index (χ0n) is 10.4. The van der Waals surface area contributed by atoms with Gasteiger partial charge in [-0.1, -0.05) is 34.5 Å². The third-order valence-electron chi connectivity index (χ3n) is 3.91. The highest BCUT2D eigenvalue weighted by molar-refractivity contribution is 9.10. The minimum Gasteiger partial charge on any atom is -0.160 e. The molecule has 94 valence electrons. The van der Waals surface area contributed by atoms with Gasteiger partial charge in [-0.3, -0.25) is 0 Å². The first-order valence-corrected chi connectivity index (χ1v) is 7.51. The predicted molar refractivity (Wildman–Crippen MR) is 79.3 cm³/mol. The molecular formula is C15H17BrN2. The molecule has 2 aliphatic rings. The number of rotatable bonds is 1. The van der Waals surface area contributed by atoms with Gasteiger partial charge in [-0.05, 0) is 55.7 Å². The molecule has 1 aliphatic carbocycles. The molecule has 2 nitrogen and oxygen atoms in total. The fourth-order valence-corrected chi connectivity index (χ4v) is 3.10. The van der Waals surface area contributed by atoms with Crippen LogP contribution < -0.4 is 0 Å². The van der Waals surface area contributed by atoms with E-state index in [2.05, 4.69) is 50.4 Å². The van der Waals surface area contributed by atoms with Crippen molar-refractivity contribution in [3.63, 3.8) is 0 Å². The molecule has 0 aromatic heterocycles. The number of hydrogen-bond acceptors (Lipinski definition) is 2. The SMILES string of the molecule is Brc1ccc(C2=NN=C3CCCCC3CC2)cc1. The summed E-state index contributed by atoms with van der Waals surface area (Å²) in [6, 6.07) is 8.39. The van der Waals surface area contributed by atoms with Crippen molar-refractivity contribution in [1.82, 2.24) is 0 Å². The van der Waals surface area contributed by atoms with Gasteiger partial charge in [-0.15, -0.1) is 0 Å². The molecule has 1 unspecified atom stereocenters. The standard InChI is InChI=1S/C15H17BrN2/c16-13-8-5-12(6-9-13)15-10-7-11-3-1-2-4-14(11)17-18-15/h5-6,8-9,11H,1-4,7,10H2. The highest BCUT2D eigenvalue weighted by Gasteiger charge is 2.23. The summed E-state index contributed by atoms with van der Waals surface area (Å²) in [5.41, 5.74) is 3.69. The van der Waals surface area contributed by atoms with Crippen molar-refractivity contribution in [3.05, 3.63) is 34.3 Å². The lowest BCUT2D eigenvalue weighted by Crippen LogP contribution is -2.18. The molecule has 0 saturated heterocycles. The molecule has 1 fully saturated rings. The summed E-state index contributed by atoms with van der Waals surface area (Å²) in [4.78, 5) is 0. The van der Waals surface area contributed by atoms with Crippen LogP contribution in [0.15, 0.2) is 38.9 Å². The largest absolute Gasteiger partial charge is 0.160 e. The monoisotopic (exact) mass is 304 g/mol. The Hall–Kier alpha value is -0.960. The highest BCUT2D eigenvalue weighted by Crippen LogP contribution is 2.28. The van der Waals surface area contributed by atoms with Crippen LogP contribution in [0.5, 0.6) is 0 Å². The van der Waals surface area contributed by atoms with Crippen molar-refractivity contribution in [2.75, 3.05) is 0 Å². The van der Waals surface area contributed by atoms with E-state index < -0.39 is 0 Å². The Labute approximate surface area is 116 Å². The van der Waals surface area contributed by atoms with Gasteiger partial charge in [-0.2, -0.15) is 10.2 Å². The minimum absolute atomic E-state index is 0.690. The second kappa shape index (κ2) is 5.35. The average molecular weight is 305 g/mol. The van der Waals surface area contributed by atoms with E-state index in [1.54, 1.807) is 0 Å². The first-order chi connectivity index (χ1) is 8.83. The van der Waals surface area contributed by atoms with Crippen LogP contribution in [0, 0.1) is 5.92 Å². The second-order valence-corrected chi connectivity index (χ2v) is 6.04. The van der Waals surface area contributed by atoms with E-state index in [0.29, 0.717) is 5.92 Å². The van der Waals surface area contributed by atoms with Crippen molar-refractivity contribution in [3.8, 4) is 0 Å². The second-order valence-electron chi connectivity index (χ2n) is 5.13. The average Bonchev–Trinajstić information content (AvgIpc) is 2.62. The lowest BCUT2D eigenvalue weighted by molar-refractivity contribution is 0.507. The molecule has 1 atom stereocenters. The summed E-state index contributed by atoms with van der Waals surface area (Å²) < 4.78 is 1.11. The molecule has 18 heavy (non-hydrogen) atoms. The van der Waals surface area contributed by atoms with Crippen molar-refractivity contribution in [2.24, 2.45) is 16.1 Å². The van der Waals surface area contributed by atoms with Crippen LogP contribution in [0.2, 0.25) is 0 Å². The Kier molecular flexibility index (Phi) is 3.59.